The number of hydrogen-bond acceptors (Lipinski definition) is 5. The first kappa shape index (κ1) is 17.2. The summed E-state index contributed by atoms with van der Waals surface area (Å²) in [4.78, 5) is 12.2. The van der Waals surface area contributed by atoms with Gasteiger partial charge >= 0.3 is 0 Å². The van der Waals surface area contributed by atoms with Crippen LogP contribution in [0.15, 0.2) is 28.2 Å². The highest BCUT2D eigenvalue weighted by molar-refractivity contribution is 7.89. The number of halogens is 1. The third-order valence-electron chi connectivity index (χ3n) is 2.46. The quantitative estimate of drug-likeness (QED) is 0.195. The number of azide groups is 1. The smallest absolute Gasteiger partial charge is 0.258 e. The predicted molar refractivity (Wildman–Crippen MR) is 76.5 cm³/mol. The fourth-order valence-electron chi connectivity index (χ4n) is 1.45. The van der Waals surface area contributed by atoms with Crippen LogP contribution in [0.1, 0.15) is 12.8 Å². The molecule has 0 saturated carbocycles. The molecule has 0 saturated heterocycles. The fourth-order valence-corrected chi connectivity index (χ4v) is 3.04. The topological polar surface area (TPSA) is 138 Å². The Morgan fingerprint density at radius 1 is 1.43 bits per heavy atom. The van der Waals surface area contributed by atoms with Crippen molar-refractivity contribution >= 4 is 27.3 Å². The van der Waals surface area contributed by atoms with E-state index in [-0.39, 0.29) is 28.7 Å². The minimum absolute atomic E-state index is 0.0952. The second-order valence-corrected chi connectivity index (χ2v) is 6.07. The second-order valence-electron chi connectivity index (χ2n) is 3.93. The highest BCUT2D eigenvalue weighted by Gasteiger charge is 2.20. The van der Waals surface area contributed by atoms with Crippen LogP contribution in [0.5, 0.6) is 0 Å². The number of benzene rings is 1. The molecule has 1 rings (SSSR count). The average Bonchev–Trinajstić information content (AvgIpc) is 2.42. The summed E-state index contributed by atoms with van der Waals surface area (Å²) in [6.45, 7) is 0.387. The van der Waals surface area contributed by atoms with Crippen LogP contribution in [0.25, 0.3) is 10.4 Å². The Labute approximate surface area is 125 Å². The average molecular weight is 334 g/mol. The van der Waals surface area contributed by atoms with E-state index in [1.54, 1.807) is 0 Å². The second kappa shape index (κ2) is 7.79. The molecule has 1 aromatic carbocycles. The molecule has 0 aliphatic carbocycles. The number of unbranched alkanes of at least 4 members (excludes halogenated alkanes) is 1. The zero-order chi connectivity index (χ0) is 15.9. The highest BCUT2D eigenvalue weighted by atomic mass is 35.5. The molecule has 0 spiro atoms. The van der Waals surface area contributed by atoms with E-state index >= 15 is 0 Å². The summed E-state index contributed by atoms with van der Waals surface area (Å²) in [5.41, 5.74) is 7.72. The Morgan fingerprint density at radius 3 is 2.76 bits per heavy atom. The molecule has 0 bridgehead atoms. The van der Waals surface area contributed by atoms with Gasteiger partial charge in [-0.05, 0) is 24.4 Å². The number of hydrogen-bond donors (Lipinski definition) is 1. The van der Waals surface area contributed by atoms with E-state index in [0.29, 0.717) is 12.8 Å². The first-order valence-electron chi connectivity index (χ1n) is 5.83. The Kier molecular flexibility index (Phi) is 6.38. The molecule has 0 fully saturated rings. The van der Waals surface area contributed by atoms with Gasteiger partial charge in [-0.3, -0.25) is 10.1 Å². The van der Waals surface area contributed by atoms with Crippen LogP contribution < -0.4 is 4.72 Å². The van der Waals surface area contributed by atoms with Crippen LogP contribution in [-0.4, -0.2) is 26.4 Å². The summed E-state index contributed by atoms with van der Waals surface area (Å²) in [5.74, 6) is 0. The molecule has 0 aliphatic rings. The van der Waals surface area contributed by atoms with Crippen molar-refractivity contribution in [2.24, 2.45) is 5.11 Å². The maximum absolute atomic E-state index is 12.0. The first-order chi connectivity index (χ1) is 9.88. The van der Waals surface area contributed by atoms with Crippen molar-refractivity contribution in [1.82, 2.24) is 4.72 Å². The summed E-state index contributed by atoms with van der Waals surface area (Å²) in [6.07, 6.45) is 0.986. The number of nitrogens with one attached hydrogen (secondary N) is 1. The van der Waals surface area contributed by atoms with Crippen molar-refractivity contribution in [1.29, 1.82) is 0 Å². The monoisotopic (exact) mass is 333 g/mol. The third kappa shape index (κ3) is 5.20. The number of non-ortho nitro benzene ring substituents is 1. The van der Waals surface area contributed by atoms with Crippen LogP contribution in [-0.2, 0) is 10.0 Å². The van der Waals surface area contributed by atoms with Gasteiger partial charge in [0, 0.05) is 30.1 Å². The number of nitro groups is 1. The van der Waals surface area contributed by atoms with E-state index in [4.69, 9.17) is 17.1 Å². The summed E-state index contributed by atoms with van der Waals surface area (Å²) < 4.78 is 26.3. The van der Waals surface area contributed by atoms with Gasteiger partial charge in [0.05, 0.1) is 9.95 Å². The van der Waals surface area contributed by atoms with Gasteiger partial charge < -0.3 is 0 Å². The zero-order valence-corrected chi connectivity index (χ0v) is 12.3. The van der Waals surface area contributed by atoms with Gasteiger partial charge in [-0.2, -0.15) is 0 Å². The maximum Gasteiger partial charge on any atom is 0.270 e. The van der Waals surface area contributed by atoms with Gasteiger partial charge in [-0.1, -0.05) is 16.7 Å². The Bertz CT molecular complexity index is 672. The Balaban J connectivity index is 2.76. The lowest BCUT2D eigenvalue weighted by molar-refractivity contribution is -0.385. The van der Waals surface area contributed by atoms with Crippen LogP contribution >= 0.6 is 11.6 Å². The molecule has 21 heavy (non-hydrogen) atoms. The number of nitrogens with zero attached hydrogens (tertiary/aromatic N) is 4. The van der Waals surface area contributed by atoms with E-state index in [9.17, 15) is 18.5 Å². The van der Waals surface area contributed by atoms with Crippen molar-refractivity contribution in [2.45, 2.75) is 17.7 Å². The van der Waals surface area contributed by atoms with E-state index in [1.165, 1.54) is 0 Å². The van der Waals surface area contributed by atoms with Crippen LogP contribution in [0.2, 0.25) is 5.02 Å². The van der Waals surface area contributed by atoms with Crippen molar-refractivity contribution < 1.29 is 13.3 Å². The lowest BCUT2D eigenvalue weighted by atomic mass is 10.3. The van der Waals surface area contributed by atoms with Gasteiger partial charge in [-0.15, -0.1) is 0 Å². The largest absolute Gasteiger partial charge is 0.270 e. The van der Waals surface area contributed by atoms with E-state index < -0.39 is 14.9 Å². The molecule has 0 radical (unpaired) electrons. The van der Waals surface area contributed by atoms with Gasteiger partial charge in [0.15, 0.2) is 0 Å². The van der Waals surface area contributed by atoms with Crippen molar-refractivity contribution in [3.05, 3.63) is 43.8 Å². The van der Waals surface area contributed by atoms with Crippen LogP contribution in [0, 0.1) is 10.1 Å². The van der Waals surface area contributed by atoms with E-state index in [1.807, 2.05) is 0 Å². The standard InChI is InChI=1S/C10H12ClN5O4S/c11-9-4-3-8(16(17)18)7-10(9)21(19,20)14-6-2-1-5-13-15-12/h3-4,7,14H,1-2,5-6H2. The lowest BCUT2D eigenvalue weighted by Crippen LogP contribution is -2.25. The minimum atomic E-state index is -3.93. The van der Waals surface area contributed by atoms with Gasteiger partial charge in [-0.25, -0.2) is 13.1 Å². The summed E-state index contributed by atoms with van der Waals surface area (Å²) in [7, 11) is -3.93. The van der Waals surface area contributed by atoms with Crippen LogP contribution in [0.3, 0.4) is 0 Å². The summed E-state index contributed by atoms with van der Waals surface area (Å²) in [5, 5.41) is 13.9. The van der Waals surface area contributed by atoms with Crippen molar-refractivity contribution in [2.75, 3.05) is 13.1 Å². The molecule has 0 amide bonds. The van der Waals surface area contributed by atoms with Gasteiger partial charge in [0.1, 0.15) is 4.90 Å². The zero-order valence-electron chi connectivity index (χ0n) is 10.8. The predicted octanol–water partition coefficient (Wildman–Crippen LogP) is 2.62. The van der Waals surface area contributed by atoms with Gasteiger partial charge in [0.25, 0.3) is 5.69 Å². The SMILES string of the molecule is [N-]=[N+]=NCCCCNS(=O)(=O)c1cc([N+](=O)[O-])ccc1Cl. The molecule has 1 aromatic rings. The normalized spacial score (nSPS) is 10.9. The molecule has 114 valence electrons. The molecule has 0 aliphatic heterocycles. The number of rotatable bonds is 8. The summed E-state index contributed by atoms with van der Waals surface area (Å²) >= 11 is 5.77. The lowest BCUT2D eigenvalue weighted by Gasteiger charge is -2.07. The molecule has 0 atom stereocenters. The number of nitro benzene ring substituents is 1. The Hall–Kier alpha value is -1.87. The van der Waals surface area contributed by atoms with Crippen LogP contribution in [0.4, 0.5) is 5.69 Å². The first-order valence-corrected chi connectivity index (χ1v) is 7.69. The maximum atomic E-state index is 12.0. The minimum Gasteiger partial charge on any atom is -0.258 e. The number of sulfonamides is 1. The van der Waals surface area contributed by atoms with E-state index in [0.717, 1.165) is 18.2 Å². The molecule has 9 nitrogen and oxygen atoms in total. The highest BCUT2D eigenvalue weighted by Crippen LogP contribution is 2.25. The molecule has 0 aromatic heterocycles. The van der Waals surface area contributed by atoms with Gasteiger partial charge in [0.2, 0.25) is 10.0 Å². The Morgan fingerprint density at radius 2 is 2.14 bits per heavy atom. The molecular weight excluding hydrogens is 322 g/mol. The fraction of sp³-hybridized carbons (Fsp3) is 0.400. The third-order valence-corrected chi connectivity index (χ3v) is 4.40. The molecule has 1 N–H and O–H groups in total. The van der Waals surface area contributed by atoms with E-state index in [2.05, 4.69) is 14.7 Å². The summed E-state index contributed by atoms with van der Waals surface area (Å²) in [6, 6.07) is 3.20. The molecular formula is C10H12ClN5O4S. The van der Waals surface area contributed by atoms with Crippen molar-refractivity contribution in [3.8, 4) is 0 Å². The van der Waals surface area contributed by atoms with Crippen molar-refractivity contribution in [3.63, 3.8) is 0 Å². The molecule has 0 unspecified atom stereocenters. The molecule has 11 heteroatoms. The molecule has 0 heterocycles.